The number of thiocarbonyl (C=S) groups is 1. The van der Waals surface area contributed by atoms with Crippen molar-refractivity contribution < 1.29 is 4.74 Å². The molecule has 0 unspecified atom stereocenters. The maximum atomic E-state index is 8.97. The van der Waals surface area contributed by atoms with Gasteiger partial charge in [0.1, 0.15) is 11.8 Å². The highest BCUT2D eigenvalue weighted by atomic mass is 32.1. The zero-order valence-electron chi connectivity index (χ0n) is 12.7. The van der Waals surface area contributed by atoms with Crippen molar-refractivity contribution in [2.75, 3.05) is 18.5 Å². The molecule has 23 heavy (non-hydrogen) atoms. The highest BCUT2D eigenvalue weighted by Gasteiger charge is 2.06. The molecule has 1 heterocycles. The molecule has 0 amide bonds. The summed E-state index contributed by atoms with van der Waals surface area (Å²) >= 11 is 5.21. The molecule has 0 fully saturated rings. The minimum Gasteiger partial charge on any atom is -0.494 e. The Morgan fingerprint density at radius 2 is 2.09 bits per heavy atom. The molecule has 0 aliphatic carbocycles. The van der Waals surface area contributed by atoms with E-state index in [-0.39, 0.29) is 5.69 Å². The molecule has 2 aromatic rings. The van der Waals surface area contributed by atoms with Gasteiger partial charge in [0, 0.05) is 18.9 Å². The summed E-state index contributed by atoms with van der Waals surface area (Å²) in [5, 5.41) is 15.3. The zero-order valence-corrected chi connectivity index (χ0v) is 13.6. The number of aromatic nitrogens is 2. The van der Waals surface area contributed by atoms with Crippen LogP contribution in [0.4, 0.5) is 5.82 Å². The van der Waals surface area contributed by atoms with Gasteiger partial charge in [0.05, 0.1) is 6.61 Å². The van der Waals surface area contributed by atoms with Crippen LogP contribution in [0.15, 0.2) is 36.7 Å². The van der Waals surface area contributed by atoms with E-state index in [2.05, 4.69) is 20.6 Å². The molecule has 0 aliphatic rings. The molecule has 0 saturated carbocycles. The number of nitrogens with one attached hydrogen (secondary N) is 2. The van der Waals surface area contributed by atoms with Crippen LogP contribution in [0.2, 0.25) is 0 Å². The molecule has 0 spiro atoms. The topological polar surface area (TPSA) is 82.9 Å². The average Bonchev–Trinajstić information content (AvgIpc) is 2.57. The van der Waals surface area contributed by atoms with Crippen LogP contribution in [0.25, 0.3) is 0 Å². The molecule has 2 N–H and O–H groups in total. The van der Waals surface area contributed by atoms with Gasteiger partial charge in [-0.1, -0.05) is 18.2 Å². The SMILES string of the molecule is CCOc1ccccc1CCNC(=S)Nc1nccnc1C#N. The Bertz CT molecular complexity index is 714. The van der Waals surface area contributed by atoms with Crippen LogP contribution in [0.3, 0.4) is 0 Å². The Hall–Kier alpha value is -2.72. The van der Waals surface area contributed by atoms with Crippen LogP contribution in [-0.2, 0) is 6.42 Å². The second-order valence-corrected chi connectivity index (χ2v) is 4.95. The summed E-state index contributed by atoms with van der Waals surface area (Å²) in [7, 11) is 0. The fourth-order valence-corrected chi connectivity index (χ4v) is 2.18. The highest BCUT2D eigenvalue weighted by molar-refractivity contribution is 7.80. The smallest absolute Gasteiger partial charge is 0.183 e. The highest BCUT2D eigenvalue weighted by Crippen LogP contribution is 2.18. The van der Waals surface area contributed by atoms with Gasteiger partial charge in [0.15, 0.2) is 16.6 Å². The first kappa shape index (κ1) is 16.6. The van der Waals surface area contributed by atoms with Gasteiger partial charge in [0.25, 0.3) is 0 Å². The maximum Gasteiger partial charge on any atom is 0.183 e. The molecule has 0 atom stereocenters. The molecule has 0 saturated heterocycles. The third-order valence-electron chi connectivity index (χ3n) is 2.99. The fourth-order valence-electron chi connectivity index (χ4n) is 1.98. The standard InChI is InChI=1S/C16H17N5OS/c1-2-22-14-6-4-3-5-12(14)7-8-20-16(23)21-15-13(11-17)18-9-10-19-15/h3-6,9-10H,2,7-8H2,1H3,(H2,19,20,21,23). The molecule has 0 aliphatic heterocycles. The maximum absolute atomic E-state index is 8.97. The number of benzene rings is 1. The molecule has 1 aromatic heterocycles. The number of nitrogens with zero attached hydrogens (tertiary/aromatic N) is 3. The van der Waals surface area contributed by atoms with Crippen LogP contribution < -0.4 is 15.4 Å². The van der Waals surface area contributed by atoms with Crippen LogP contribution in [-0.4, -0.2) is 28.2 Å². The Kier molecular flexibility index (Phi) is 6.27. The van der Waals surface area contributed by atoms with Crippen molar-refractivity contribution in [3.8, 4) is 11.8 Å². The lowest BCUT2D eigenvalue weighted by molar-refractivity contribution is 0.336. The van der Waals surface area contributed by atoms with Gasteiger partial charge in [-0.2, -0.15) is 5.26 Å². The van der Waals surface area contributed by atoms with Gasteiger partial charge in [-0.15, -0.1) is 0 Å². The normalized spacial score (nSPS) is 9.74. The quantitative estimate of drug-likeness (QED) is 0.788. The Morgan fingerprint density at radius 1 is 1.30 bits per heavy atom. The van der Waals surface area contributed by atoms with E-state index in [4.69, 9.17) is 22.2 Å². The van der Waals surface area contributed by atoms with E-state index < -0.39 is 0 Å². The number of rotatable bonds is 6. The Balaban J connectivity index is 1.87. The van der Waals surface area contributed by atoms with Gasteiger partial charge in [-0.25, -0.2) is 9.97 Å². The Labute approximate surface area is 140 Å². The number of para-hydroxylation sites is 1. The van der Waals surface area contributed by atoms with Gasteiger partial charge < -0.3 is 15.4 Å². The number of nitriles is 1. The largest absolute Gasteiger partial charge is 0.494 e. The summed E-state index contributed by atoms with van der Waals surface area (Å²) in [5.41, 5.74) is 1.32. The Morgan fingerprint density at radius 3 is 2.87 bits per heavy atom. The van der Waals surface area contributed by atoms with E-state index in [0.717, 1.165) is 17.7 Å². The number of hydrogen-bond donors (Lipinski definition) is 2. The van der Waals surface area contributed by atoms with Crippen molar-refractivity contribution in [2.45, 2.75) is 13.3 Å². The summed E-state index contributed by atoms with van der Waals surface area (Å²) in [6, 6.07) is 9.87. The van der Waals surface area contributed by atoms with E-state index >= 15 is 0 Å². The van der Waals surface area contributed by atoms with E-state index in [1.54, 1.807) is 0 Å². The zero-order chi connectivity index (χ0) is 16.5. The predicted molar refractivity (Wildman–Crippen MR) is 92.3 cm³/mol. The second kappa shape index (κ2) is 8.66. The van der Waals surface area contributed by atoms with E-state index in [0.29, 0.717) is 24.1 Å². The third-order valence-corrected chi connectivity index (χ3v) is 3.23. The van der Waals surface area contributed by atoms with Crippen LogP contribution in [0, 0.1) is 11.3 Å². The van der Waals surface area contributed by atoms with Gasteiger partial charge in [0.2, 0.25) is 0 Å². The number of anilines is 1. The fraction of sp³-hybridized carbons (Fsp3) is 0.250. The molecule has 1 aromatic carbocycles. The van der Waals surface area contributed by atoms with Crippen molar-refractivity contribution >= 4 is 23.1 Å². The van der Waals surface area contributed by atoms with Gasteiger partial charge in [-0.3, -0.25) is 0 Å². The molecule has 7 heteroatoms. The summed E-state index contributed by atoms with van der Waals surface area (Å²) in [5.74, 6) is 1.23. The van der Waals surface area contributed by atoms with Crippen molar-refractivity contribution in [1.82, 2.24) is 15.3 Å². The van der Waals surface area contributed by atoms with E-state index in [1.807, 2.05) is 37.3 Å². The van der Waals surface area contributed by atoms with Crippen LogP contribution >= 0.6 is 12.2 Å². The molecule has 0 bridgehead atoms. The first-order valence-electron chi connectivity index (χ1n) is 7.21. The summed E-state index contributed by atoms with van der Waals surface area (Å²) in [6.45, 7) is 3.23. The first-order valence-corrected chi connectivity index (χ1v) is 7.62. The summed E-state index contributed by atoms with van der Waals surface area (Å²) in [6.07, 6.45) is 3.73. The van der Waals surface area contributed by atoms with Crippen molar-refractivity contribution in [2.24, 2.45) is 0 Å². The van der Waals surface area contributed by atoms with Crippen molar-refractivity contribution in [3.63, 3.8) is 0 Å². The lowest BCUT2D eigenvalue weighted by Crippen LogP contribution is -2.31. The van der Waals surface area contributed by atoms with Crippen molar-refractivity contribution in [1.29, 1.82) is 5.26 Å². The molecule has 6 nitrogen and oxygen atoms in total. The van der Waals surface area contributed by atoms with Gasteiger partial charge >= 0.3 is 0 Å². The molecule has 118 valence electrons. The van der Waals surface area contributed by atoms with E-state index in [1.165, 1.54) is 12.4 Å². The molecular formula is C16H17N5OS. The third kappa shape index (κ3) is 4.90. The lowest BCUT2D eigenvalue weighted by atomic mass is 10.1. The summed E-state index contributed by atoms with van der Waals surface area (Å²) in [4.78, 5) is 7.97. The predicted octanol–water partition coefficient (Wildman–Crippen LogP) is 2.28. The number of hydrogen-bond acceptors (Lipinski definition) is 5. The van der Waals surface area contributed by atoms with Crippen LogP contribution in [0.1, 0.15) is 18.2 Å². The minimum absolute atomic E-state index is 0.207. The average molecular weight is 327 g/mol. The number of ether oxygens (including phenoxy) is 1. The molecule has 0 radical (unpaired) electrons. The lowest BCUT2D eigenvalue weighted by Gasteiger charge is -2.12. The van der Waals surface area contributed by atoms with Crippen LogP contribution in [0.5, 0.6) is 5.75 Å². The molecule has 2 rings (SSSR count). The first-order chi connectivity index (χ1) is 11.2. The monoisotopic (exact) mass is 327 g/mol. The van der Waals surface area contributed by atoms with Gasteiger partial charge in [-0.05, 0) is 37.2 Å². The van der Waals surface area contributed by atoms with E-state index in [9.17, 15) is 0 Å². The van der Waals surface area contributed by atoms with Crippen molar-refractivity contribution in [3.05, 3.63) is 47.9 Å². The molecular weight excluding hydrogens is 310 g/mol. The summed E-state index contributed by atoms with van der Waals surface area (Å²) < 4.78 is 5.59. The minimum atomic E-state index is 0.207. The second-order valence-electron chi connectivity index (χ2n) is 4.54.